The lowest BCUT2D eigenvalue weighted by molar-refractivity contribution is -0.123. The highest BCUT2D eigenvalue weighted by Crippen LogP contribution is 2.61. The molecule has 78 valence electrons. The molecule has 2 unspecified atom stereocenters. The molecule has 3 nitrogen and oxygen atoms in total. The Morgan fingerprint density at radius 1 is 1.50 bits per heavy atom. The largest absolute Gasteiger partial charge is 0.371 e. The van der Waals surface area contributed by atoms with Crippen molar-refractivity contribution in [2.45, 2.75) is 49.8 Å². The first-order valence-electron chi connectivity index (χ1n) is 5.18. The van der Waals surface area contributed by atoms with Crippen LogP contribution in [0.1, 0.15) is 20.3 Å². The van der Waals surface area contributed by atoms with Crippen LogP contribution < -0.4 is 0 Å². The summed E-state index contributed by atoms with van der Waals surface area (Å²) in [5.74, 6) is 0. The van der Waals surface area contributed by atoms with E-state index in [4.69, 9.17) is 14.2 Å². The molecular weight excluding hydrogens is 180 g/mol. The van der Waals surface area contributed by atoms with Gasteiger partial charge >= 0.3 is 0 Å². The molecule has 3 heterocycles. The predicted molar refractivity (Wildman–Crippen MR) is 51.1 cm³/mol. The summed E-state index contributed by atoms with van der Waals surface area (Å²) in [6, 6.07) is 0. The van der Waals surface area contributed by atoms with Gasteiger partial charge in [0.05, 0.1) is 18.3 Å². The molecule has 0 radical (unpaired) electrons. The SMILES string of the molecule is C=CCO[C@H]1C[C@@]2(C)O[C@]1(C)C1OC12. The summed E-state index contributed by atoms with van der Waals surface area (Å²) in [6.07, 6.45) is 3.46. The molecule has 3 fully saturated rings. The van der Waals surface area contributed by atoms with Crippen LogP contribution in [0, 0.1) is 0 Å². The average Bonchev–Trinajstić information content (AvgIpc) is 2.84. The summed E-state index contributed by atoms with van der Waals surface area (Å²) < 4.78 is 17.4. The maximum Gasteiger partial charge on any atom is 0.121 e. The molecule has 3 aliphatic heterocycles. The van der Waals surface area contributed by atoms with E-state index in [1.807, 2.05) is 0 Å². The molecule has 0 aromatic heterocycles. The van der Waals surface area contributed by atoms with Crippen molar-refractivity contribution in [2.24, 2.45) is 0 Å². The number of hydrogen-bond donors (Lipinski definition) is 0. The average molecular weight is 196 g/mol. The van der Waals surface area contributed by atoms with Crippen LogP contribution in [0.15, 0.2) is 12.7 Å². The van der Waals surface area contributed by atoms with E-state index < -0.39 is 0 Å². The van der Waals surface area contributed by atoms with Gasteiger partial charge in [-0.05, 0) is 13.8 Å². The lowest BCUT2D eigenvalue weighted by Crippen LogP contribution is -2.43. The van der Waals surface area contributed by atoms with E-state index >= 15 is 0 Å². The minimum absolute atomic E-state index is 0.106. The summed E-state index contributed by atoms with van der Waals surface area (Å²) in [5.41, 5.74) is -0.326. The third-order valence-corrected chi connectivity index (χ3v) is 3.76. The molecule has 0 amide bonds. The number of fused-ring (bicyclic) bond motifs is 5. The highest BCUT2D eigenvalue weighted by molar-refractivity contribution is 5.24. The minimum Gasteiger partial charge on any atom is -0.371 e. The Morgan fingerprint density at radius 2 is 2.29 bits per heavy atom. The van der Waals surface area contributed by atoms with Crippen molar-refractivity contribution < 1.29 is 14.2 Å². The first-order chi connectivity index (χ1) is 6.60. The number of rotatable bonds is 3. The van der Waals surface area contributed by atoms with E-state index in [9.17, 15) is 0 Å². The van der Waals surface area contributed by atoms with Crippen LogP contribution in [0.4, 0.5) is 0 Å². The molecule has 14 heavy (non-hydrogen) atoms. The molecule has 0 N–H and O–H groups in total. The van der Waals surface area contributed by atoms with Crippen LogP contribution in [0.3, 0.4) is 0 Å². The Labute approximate surface area is 84.0 Å². The lowest BCUT2D eigenvalue weighted by atomic mass is 9.82. The van der Waals surface area contributed by atoms with Gasteiger partial charge in [0, 0.05) is 6.42 Å². The van der Waals surface area contributed by atoms with Gasteiger partial charge in [0.2, 0.25) is 0 Å². The molecule has 0 aromatic carbocycles. The molecule has 2 bridgehead atoms. The normalized spacial score (nSPS) is 58.6. The summed E-state index contributed by atoms with van der Waals surface area (Å²) in [7, 11) is 0. The van der Waals surface area contributed by atoms with Crippen LogP contribution in [-0.2, 0) is 14.2 Å². The summed E-state index contributed by atoms with van der Waals surface area (Å²) in [5, 5.41) is 0. The fourth-order valence-corrected chi connectivity index (χ4v) is 3.02. The molecule has 0 aliphatic carbocycles. The Kier molecular flexibility index (Phi) is 1.53. The van der Waals surface area contributed by atoms with Gasteiger partial charge in [0.15, 0.2) is 0 Å². The predicted octanol–water partition coefficient (Wildman–Crippen LogP) is 1.28. The van der Waals surface area contributed by atoms with Gasteiger partial charge in [0.1, 0.15) is 17.8 Å². The zero-order valence-corrected chi connectivity index (χ0v) is 8.66. The third-order valence-electron chi connectivity index (χ3n) is 3.76. The molecule has 3 saturated heterocycles. The zero-order chi connectivity index (χ0) is 9.97. The smallest absolute Gasteiger partial charge is 0.121 e. The first kappa shape index (κ1) is 8.89. The second-order valence-corrected chi connectivity index (χ2v) is 4.89. The Hall–Kier alpha value is -0.380. The van der Waals surface area contributed by atoms with Crippen LogP contribution in [-0.4, -0.2) is 36.1 Å². The Bertz CT molecular complexity index is 290. The molecule has 0 aromatic rings. The summed E-state index contributed by atoms with van der Waals surface area (Å²) in [4.78, 5) is 0. The molecule has 5 atom stereocenters. The van der Waals surface area contributed by atoms with Gasteiger partial charge < -0.3 is 14.2 Å². The first-order valence-corrected chi connectivity index (χ1v) is 5.18. The van der Waals surface area contributed by atoms with Crippen molar-refractivity contribution in [1.29, 1.82) is 0 Å². The zero-order valence-electron chi connectivity index (χ0n) is 8.66. The Balaban J connectivity index is 1.81. The van der Waals surface area contributed by atoms with E-state index in [0.29, 0.717) is 12.7 Å². The topological polar surface area (TPSA) is 31.0 Å². The van der Waals surface area contributed by atoms with Crippen LogP contribution in [0.5, 0.6) is 0 Å². The van der Waals surface area contributed by atoms with Crippen LogP contribution in [0.2, 0.25) is 0 Å². The van der Waals surface area contributed by atoms with Gasteiger partial charge in [-0.3, -0.25) is 0 Å². The van der Waals surface area contributed by atoms with Gasteiger partial charge in [0.25, 0.3) is 0 Å². The maximum absolute atomic E-state index is 6.03. The molecule has 0 saturated carbocycles. The van der Waals surface area contributed by atoms with Crippen molar-refractivity contribution in [1.82, 2.24) is 0 Å². The van der Waals surface area contributed by atoms with E-state index in [2.05, 4.69) is 20.4 Å². The summed E-state index contributed by atoms with van der Waals surface area (Å²) >= 11 is 0. The monoisotopic (exact) mass is 196 g/mol. The van der Waals surface area contributed by atoms with Gasteiger partial charge in [-0.25, -0.2) is 0 Å². The second kappa shape index (κ2) is 2.40. The van der Waals surface area contributed by atoms with Crippen molar-refractivity contribution in [3.05, 3.63) is 12.7 Å². The van der Waals surface area contributed by atoms with Gasteiger partial charge in [-0.1, -0.05) is 6.08 Å². The van der Waals surface area contributed by atoms with Crippen molar-refractivity contribution in [2.75, 3.05) is 6.61 Å². The van der Waals surface area contributed by atoms with Gasteiger partial charge in [-0.2, -0.15) is 0 Å². The highest BCUT2D eigenvalue weighted by Gasteiger charge is 2.77. The molecular formula is C11H16O3. The lowest BCUT2D eigenvalue weighted by Gasteiger charge is -2.27. The van der Waals surface area contributed by atoms with Crippen molar-refractivity contribution in [3.8, 4) is 0 Å². The third kappa shape index (κ3) is 0.879. The Morgan fingerprint density at radius 3 is 2.86 bits per heavy atom. The summed E-state index contributed by atoms with van der Waals surface area (Å²) in [6.45, 7) is 8.48. The fourth-order valence-electron chi connectivity index (χ4n) is 3.02. The van der Waals surface area contributed by atoms with Crippen molar-refractivity contribution in [3.63, 3.8) is 0 Å². The standard InChI is InChI=1S/C11H16O3/c1-4-5-12-7-6-10(2)8-9(13-8)11(7,3)14-10/h4,7-9H,1,5-6H2,2-3H3/t7-,8?,9?,10+,11-/m0/s1. The molecule has 3 aliphatic rings. The quantitative estimate of drug-likeness (QED) is 0.503. The number of ether oxygens (including phenoxy) is 3. The highest BCUT2D eigenvalue weighted by atomic mass is 16.7. The second-order valence-electron chi connectivity index (χ2n) is 4.89. The van der Waals surface area contributed by atoms with Crippen LogP contribution in [0.25, 0.3) is 0 Å². The van der Waals surface area contributed by atoms with Crippen LogP contribution >= 0.6 is 0 Å². The van der Waals surface area contributed by atoms with E-state index in [0.717, 1.165) is 6.42 Å². The molecule has 0 spiro atoms. The number of hydrogen-bond acceptors (Lipinski definition) is 3. The molecule has 3 rings (SSSR count). The fraction of sp³-hybridized carbons (Fsp3) is 0.818. The van der Waals surface area contributed by atoms with Crippen molar-refractivity contribution >= 4 is 0 Å². The maximum atomic E-state index is 6.03. The van der Waals surface area contributed by atoms with E-state index in [-0.39, 0.29) is 23.4 Å². The minimum atomic E-state index is -0.220. The van der Waals surface area contributed by atoms with Gasteiger partial charge in [-0.15, -0.1) is 6.58 Å². The van der Waals surface area contributed by atoms with E-state index in [1.54, 1.807) is 6.08 Å². The molecule has 3 heteroatoms. The van der Waals surface area contributed by atoms with E-state index in [1.165, 1.54) is 0 Å². The number of epoxide rings is 1.